The SMILES string of the molecule is COc1ccc(OC)c2cc(CC[C@@]3(C)[C@H](C)CCC(=O)[C@H]3C)ccc12. The first kappa shape index (κ1) is 18.8. The summed E-state index contributed by atoms with van der Waals surface area (Å²) in [5.41, 5.74) is 1.35. The standard InChI is InChI=1S/C23H30O3/c1-15-6-9-20(24)16(2)23(15,3)13-12-17-7-8-18-19(14-17)22(26-5)11-10-21(18)25-4/h7-8,10-11,14-16H,6,9,12-13H2,1-5H3/t15-,16-,23+/m1/s1. The first-order valence-electron chi connectivity index (χ1n) is 9.57. The van der Waals surface area contributed by atoms with Crippen molar-refractivity contribution in [3.8, 4) is 11.5 Å². The topological polar surface area (TPSA) is 35.5 Å². The molecule has 1 aliphatic rings. The van der Waals surface area contributed by atoms with Gasteiger partial charge in [-0.15, -0.1) is 0 Å². The zero-order valence-corrected chi connectivity index (χ0v) is 16.6. The quantitative estimate of drug-likeness (QED) is 0.718. The maximum Gasteiger partial charge on any atom is 0.136 e. The molecule has 3 heteroatoms. The van der Waals surface area contributed by atoms with Crippen LogP contribution in [0.5, 0.6) is 11.5 Å². The molecular formula is C23H30O3. The molecule has 0 bridgehead atoms. The van der Waals surface area contributed by atoms with Crippen molar-refractivity contribution in [2.75, 3.05) is 14.2 Å². The second kappa shape index (κ2) is 7.30. The second-order valence-electron chi connectivity index (χ2n) is 7.98. The van der Waals surface area contributed by atoms with E-state index >= 15 is 0 Å². The summed E-state index contributed by atoms with van der Waals surface area (Å²) in [6, 6.07) is 10.4. The number of aryl methyl sites for hydroxylation is 1. The highest BCUT2D eigenvalue weighted by Crippen LogP contribution is 2.46. The molecule has 3 nitrogen and oxygen atoms in total. The van der Waals surface area contributed by atoms with Crippen LogP contribution in [0.25, 0.3) is 10.8 Å². The highest BCUT2D eigenvalue weighted by molar-refractivity contribution is 5.93. The number of carbonyl (C=O) groups excluding carboxylic acids is 1. The van der Waals surface area contributed by atoms with Gasteiger partial charge in [0.25, 0.3) is 0 Å². The third kappa shape index (κ3) is 3.20. The first-order valence-corrected chi connectivity index (χ1v) is 9.57. The molecule has 3 rings (SSSR count). The van der Waals surface area contributed by atoms with Crippen molar-refractivity contribution in [2.45, 2.75) is 46.5 Å². The smallest absolute Gasteiger partial charge is 0.136 e. The Morgan fingerprint density at radius 2 is 1.69 bits per heavy atom. The van der Waals surface area contributed by atoms with Crippen molar-refractivity contribution in [3.63, 3.8) is 0 Å². The number of rotatable bonds is 5. The average molecular weight is 354 g/mol. The molecule has 140 valence electrons. The average Bonchev–Trinajstić information content (AvgIpc) is 2.67. The number of benzene rings is 2. The molecule has 2 aromatic carbocycles. The Bertz CT molecular complexity index is 810. The number of methoxy groups -OCH3 is 2. The molecule has 0 aromatic heterocycles. The van der Waals surface area contributed by atoms with Crippen LogP contribution in [0.4, 0.5) is 0 Å². The van der Waals surface area contributed by atoms with E-state index in [1.807, 2.05) is 12.1 Å². The molecule has 0 N–H and O–H groups in total. The van der Waals surface area contributed by atoms with Crippen LogP contribution in [0.3, 0.4) is 0 Å². The van der Waals surface area contributed by atoms with E-state index in [9.17, 15) is 4.79 Å². The van der Waals surface area contributed by atoms with Crippen LogP contribution in [0.1, 0.15) is 45.6 Å². The summed E-state index contributed by atoms with van der Waals surface area (Å²) < 4.78 is 11.0. The molecule has 0 aliphatic heterocycles. The monoisotopic (exact) mass is 354 g/mol. The number of carbonyl (C=O) groups is 1. The van der Waals surface area contributed by atoms with Gasteiger partial charge in [0.15, 0.2) is 0 Å². The summed E-state index contributed by atoms with van der Waals surface area (Å²) in [6.07, 6.45) is 3.75. The van der Waals surface area contributed by atoms with Crippen molar-refractivity contribution in [1.82, 2.24) is 0 Å². The zero-order chi connectivity index (χ0) is 18.9. The number of hydrogen-bond donors (Lipinski definition) is 0. The zero-order valence-electron chi connectivity index (χ0n) is 16.6. The van der Waals surface area contributed by atoms with Gasteiger partial charge in [-0.1, -0.05) is 32.9 Å². The van der Waals surface area contributed by atoms with E-state index in [-0.39, 0.29) is 11.3 Å². The van der Waals surface area contributed by atoms with Crippen molar-refractivity contribution in [3.05, 3.63) is 35.9 Å². The predicted octanol–water partition coefficient (Wildman–Crippen LogP) is 5.43. The van der Waals surface area contributed by atoms with Gasteiger partial charge in [0.05, 0.1) is 14.2 Å². The Kier molecular flexibility index (Phi) is 5.27. The fraction of sp³-hybridized carbons (Fsp3) is 0.522. The molecule has 0 radical (unpaired) electrons. The van der Waals surface area contributed by atoms with Gasteiger partial charge < -0.3 is 9.47 Å². The Morgan fingerprint density at radius 1 is 1.04 bits per heavy atom. The summed E-state index contributed by atoms with van der Waals surface area (Å²) in [4.78, 5) is 12.3. The Balaban J connectivity index is 1.88. The summed E-state index contributed by atoms with van der Waals surface area (Å²) in [6.45, 7) is 6.72. The number of hydrogen-bond acceptors (Lipinski definition) is 3. The number of fused-ring (bicyclic) bond motifs is 1. The summed E-state index contributed by atoms with van der Waals surface area (Å²) >= 11 is 0. The number of ketones is 1. The van der Waals surface area contributed by atoms with Crippen LogP contribution >= 0.6 is 0 Å². The van der Waals surface area contributed by atoms with E-state index in [1.54, 1.807) is 14.2 Å². The molecule has 0 heterocycles. The third-order valence-electron chi connectivity index (χ3n) is 6.81. The number of Topliss-reactive ketones (excluding diaryl/α,β-unsaturated/α-hetero) is 1. The molecule has 0 unspecified atom stereocenters. The van der Waals surface area contributed by atoms with Gasteiger partial charge in [0.2, 0.25) is 0 Å². The lowest BCUT2D eigenvalue weighted by molar-refractivity contribution is -0.132. The summed E-state index contributed by atoms with van der Waals surface area (Å²) in [5.74, 6) is 2.87. The maximum absolute atomic E-state index is 12.3. The summed E-state index contributed by atoms with van der Waals surface area (Å²) in [7, 11) is 3.39. The van der Waals surface area contributed by atoms with Gasteiger partial charge in [0.1, 0.15) is 17.3 Å². The Hall–Kier alpha value is -2.03. The molecule has 0 amide bonds. The molecule has 2 aromatic rings. The third-order valence-corrected chi connectivity index (χ3v) is 6.81. The van der Waals surface area contributed by atoms with E-state index in [0.29, 0.717) is 11.7 Å². The molecule has 1 saturated carbocycles. The van der Waals surface area contributed by atoms with Gasteiger partial charge in [-0.25, -0.2) is 0 Å². The van der Waals surface area contributed by atoms with Gasteiger partial charge in [-0.3, -0.25) is 4.79 Å². The van der Waals surface area contributed by atoms with E-state index < -0.39 is 0 Å². The van der Waals surface area contributed by atoms with E-state index in [4.69, 9.17) is 9.47 Å². The van der Waals surface area contributed by atoms with Crippen LogP contribution in [-0.2, 0) is 11.2 Å². The van der Waals surface area contributed by atoms with Crippen molar-refractivity contribution in [2.24, 2.45) is 17.3 Å². The Morgan fingerprint density at radius 3 is 2.35 bits per heavy atom. The van der Waals surface area contributed by atoms with E-state index in [0.717, 1.165) is 48.0 Å². The van der Waals surface area contributed by atoms with Crippen LogP contribution in [0, 0.1) is 17.3 Å². The fourth-order valence-corrected chi connectivity index (χ4v) is 4.43. The molecule has 0 saturated heterocycles. The molecule has 1 fully saturated rings. The minimum atomic E-state index is 0.0722. The highest BCUT2D eigenvalue weighted by atomic mass is 16.5. The van der Waals surface area contributed by atoms with Crippen LogP contribution in [0.15, 0.2) is 30.3 Å². The van der Waals surface area contributed by atoms with E-state index in [2.05, 4.69) is 39.0 Å². The minimum Gasteiger partial charge on any atom is -0.496 e. The Labute approximate surface area is 156 Å². The summed E-state index contributed by atoms with van der Waals surface area (Å²) in [5, 5.41) is 2.15. The van der Waals surface area contributed by atoms with Crippen LogP contribution in [-0.4, -0.2) is 20.0 Å². The second-order valence-corrected chi connectivity index (χ2v) is 7.98. The largest absolute Gasteiger partial charge is 0.496 e. The number of ether oxygens (including phenoxy) is 2. The van der Waals surface area contributed by atoms with Gasteiger partial charge >= 0.3 is 0 Å². The lowest BCUT2D eigenvalue weighted by Gasteiger charge is -2.44. The normalized spacial score (nSPS) is 26.1. The lowest BCUT2D eigenvalue weighted by atomic mass is 9.59. The van der Waals surface area contributed by atoms with Crippen molar-refractivity contribution in [1.29, 1.82) is 0 Å². The van der Waals surface area contributed by atoms with Gasteiger partial charge in [-0.05, 0) is 54.4 Å². The van der Waals surface area contributed by atoms with Gasteiger partial charge in [-0.2, -0.15) is 0 Å². The van der Waals surface area contributed by atoms with Crippen molar-refractivity contribution >= 4 is 16.6 Å². The van der Waals surface area contributed by atoms with Crippen molar-refractivity contribution < 1.29 is 14.3 Å². The van der Waals surface area contributed by atoms with E-state index in [1.165, 1.54) is 5.56 Å². The van der Waals surface area contributed by atoms with Gasteiger partial charge in [0, 0.05) is 23.1 Å². The molecule has 3 atom stereocenters. The lowest BCUT2D eigenvalue weighted by Crippen LogP contribution is -2.41. The van der Waals surface area contributed by atoms with Crippen LogP contribution in [0.2, 0.25) is 0 Å². The molecule has 26 heavy (non-hydrogen) atoms. The maximum atomic E-state index is 12.3. The highest BCUT2D eigenvalue weighted by Gasteiger charge is 2.43. The predicted molar refractivity (Wildman–Crippen MR) is 106 cm³/mol. The molecular weight excluding hydrogens is 324 g/mol. The molecule has 0 spiro atoms. The minimum absolute atomic E-state index is 0.0722. The van der Waals surface area contributed by atoms with Crippen LogP contribution < -0.4 is 9.47 Å². The first-order chi connectivity index (χ1) is 12.4. The molecule has 1 aliphatic carbocycles. The fourth-order valence-electron chi connectivity index (χ4n) is 4.43.